The molecule has 1 amide bonds. The molecule has 0 aliphatic heterocycles. The smallest absolute Gasteiger partial charge is 0.337 e. The van der Waals surface area contributed by atoms with Crippen LogP contribution in [-0.4, -0.2) is 37.6 Å². The van der Waals surface area contributed by atoms with E-state index in [0.717, 1.165) is 6.20 Å². The summed E-state index contributed by atoms with van der Waals surface area (Å²) in [5.41, 5.74) is 0.237. The van der Waals surface area contributed by atoms with Crippen LogP contribution in [0.2, 0.25) is 0 Å². The molecule has 0 saturated carbocycles. The highest BCUT2D eigenvalue weighted by molar-refractivity contribution is 5.93. The van der Waals surface area contributed by atoms with Gasteiger partial charge in [-0.2, -0.15) is 0 Å². The molecule has 2 aromatic heterocycles. The summed E-state index contributed by atoms with van der Waals surface area (Å²) in [5.74, 6) is -1.41. The Hall–Kier alpha value is -2.70. The minimum atomic E-state index is -1.07. The number of carbonyl (C=O) groups excluding carboxylic acids is 1. The number of aromatic nitrogens is 3. The summed E-state index contributed by atoms with van der Waals surface area (Å²) in [5, 5.41) is 11.5. The number of rotatable bonds is 5. The Morgan fingerprint density at radius 2 is 2.25 bits per heavy atom. The lowest BCUT2D eigenvalue weighted by molar-refractivity contribution is 0.0695. The van der Waals surface area contributed by atoms with Crippen molar-refractivity contribution in [3.63, 3.8) is 0 Å². The zero-order chi connectivity index (χ0) is 14.5. The molecule has 0 radical (unpaired) electrons. The van der Waals surface area contributed by atoms with E-state index in [0.29, 0.717) is 6.54 Å². The molecule has 7 heteroatoms. The molecule has 0 spiro atoms. The Balaban J connectivity index is 1.95. The fraction of sp³-hybridized carbons (Fsp3) is 0.231. The van der Waals surface area contributed by atoms with Gasteiger partial charge in [-0.1, -0.05) is 0 Å². The van der Waals surface area contributed by atoms with E-state index in [9.17, 15) is 9.59 Å². The second-order valence-electron chi connectivity index (χ2n) is 4.37. The number of hydrogen-bond donors (Lipinski definition) is 2. The molecule has 0 bridgehead atoms. The van der Waals surface area contributed by atoms with Crippen LogP contribution >= 0.6 is 0 Å². The Labute approximate surface area is 115 Å². The third kappa shape index (κ3) is 3.41. The van der Waals surface area contributed by atoms with Crippen LogP contribution in [-0.2, 0) is 6.54 Å². The summed E-state index contributed by atoms with van der Waals surface area (Å²) in [4.78, 5) is 30.4. The van der Waals surface area contributed by atoms with E-state index in [1.807, 2.05) is 17.7 Å². The fourth-order valence-corrected chi connectivity index (χ4v) is 1.71. The summed E-state index contributed by atoms with van der Waals surface area (Å²) in [6, 6.07) is 2.64. The van der Waals surface area contributed by atoms with Crippen molar-refractivity contribution in [1.29, 1.82) is 0 Å². The number of hydrogen-bond acceptors (Lipinski definition) is 4. The number of carboxylic acid groups (broad SMARTS) is 1. The van der Waals surface area contributed by atoms with Gasteiger partial charge in [-0.15, -0.1) is 0 Å². The van der Waals surface area contributed by atoms with E-state index < -0.39 is 5.97 Å². The van der Waals surface area contributed by atoms with Crippen LogP contribution in [0.4, 0.5) is 0 Å². The summed E-state index contributed by atoms with van der Waals surface area (Å²) in [7, 11) is 0. The molecule has 0 aromatic carbocycles. The number of pyridine rings is 1. The number of imidazole rings is 1. The Kier molecular flexibility index (Phi) is 4.09. The van der Waals surface area contributed by atoms with Crippen LogP contribution in [0.5, 0.6) is 0 Å². The molecule has 104 valence electrons. The topological polar surface area (TPSA) is 97.1 Å². The third-order valence-electron chi connectivity index (χ3n) is 2.66. The zero-order valence-electron chi connectivity index (χ0n) is 10.9. The summed E-state index contributed by atoms with van der Waals surface area (Å²) in [6.07, 6.45) is 6.31. The lowest BCUT2D eigenvalue weighted by atomic mass is 10.2. The van der Waals surface area contributed by atoms with Gasteiger partial charge in [0.1, 0.15) is 5.69 Å². The van der Waals surface area contributed by atoms with Crippen molar-refractivity contribution in [3.8, 4) is 0 Å². The zero-order valence-corrected chi connectivity index (χ0v) is 10.9. The molecule has 1 unspecified atom stereocenters. The van der Waals surface area contributed by atoms with E-state index in [1.165, 1.54) is 12.1 Å². The number of nitrogens with zero attached hydrogens (tertiary/aromatic N) is 3. The van der Waals surface area contributed by atoms with Crippen LogP contribution in [0.25, 0.3) is 0 Å². The molecule has 20 heavy (non-hydrogen) atoms. The molecule has 2 N–H and O–H groups in total. The van der Waals surface area contributed by atoms with Crippen LogP contribution in [0.3, 0.4) is 0 Å². The molecule has 7 nitrogen and oxygen atoms in total. The second-order valence-corrected chi connectivity index (χ2v) is 4.37. The Morgan fingerprint density at radius 3 is 2.80 bits per heavy atom. The highest BCUT2D eigenvalue weighted by Gasteiger charge is 2.12. The molecule has 2 rings (SSSR count). The minimum absolute atomic E-state index is 0.0491. The molecule has 1 atom stereocenters. The maximum absolute atomic E-state index is 11.9. The molecule has 0 saturated heterocycles. The van der Waals surface area contributed by atoms with E-state index in [2.05, 4.69) is 15.3 Å². The number of carbonyl (C=O) groups is 2. The molecular formula is C13H14N4O3. The Bertz CT molecular complexity index is 593. The largest absolute Gasteiger partial charge is 0.478 e. The average molecular weight is 274 g/mol. The summed E-state index contributed by atoms with van der Waals surface area (Å²) in [6.45, 7) is 2.46. The van der Waals surface area contributed by atoms with E-state index in [4.69, 9.17) is 5.11 Å². The van der Waals surface area contributed by atoms with E-state index >= 15 is 0 Å². The monoisotopic (exact) mass is 274 g/mol. The van der Waals surface area contributed by atoms with Gasteiger partial charge < -0.3 is 15.0 Å². The number of nitrogens with one attached hydrogen (secondary N) is 1. The van der Waals surface area contributed by atoms with E-state index in [-0.39, 0.29) is 23.2 Å². The number of aromatic carboxylic acids is 1. The SMILES string of the molecule is CC(Cn1ccnc1)NC(=O)c1ccc(C(=O)O)cn1. The first-order valence-electron chi connectivity index (χ1n) is 6.02. The van der Waals surface area contributed by atoms with Crippen LogP contribution < -0.4 is 5.32 Å². The van der Waals surface area contributed by atoms with Crippen LogP contribution in [0, 0.1) is 0 Å². The van der Waals surface area contributed by atoms with Gasteiger partial charge in [0, 0.05) is 31.2 Å². The van der Waals surface area contributed by atoms with Crippen molar-refractivity contribution in [2.75, 3.05) is 0 Å². The van der Waals surface area contributed by atoms with Crippen molar-refractivity contribution in [3.05, 3.63) is 48.3 Å². The predicted molar refractivity (Wildman–Crippen MR) is 70.4 cm³/mol. The first-order chi connectivity index (χ1) is 9.56. The normalized spacial score (nSPS) is 11.8. The lowest BCUT2D eigenvalue weighted by Crippen LogP contribution is -2.35. The number of carboxylic acids is 1. The van der Waals surface area contributed by atoms with Crippen molar-refractivity contribution < 1.29 is 14.7 Å². The highest BCUT2D eigenvalue weighted by atomic mass is 16.4. The van der Waals surface area contributed by atoms with Crippen molar-refractivity contribution in [1.82, 2.24) is 19.9 Å². The molecule has 2 heterocycles. The summed E-state index contributed by atoms with van der Waals surface area (Å²) >= 11 is 0. The first-order valence-corrected chi connectivity index (χ1v) is 6.02. The van der Waals surface area contributed by atoms with Crippen molar-refractivity contribution >= 4 is 11.9 Å². The van der Waals surface area contributed by atoms with Crippen molar-refractivity contribution in [2.24, 2.45) is 0 Å². The Morgan fingerprint density at radius 1 is 1.45 bits per heavy atom. The van der Waals surface area contributed by atoms with Crippen molar-refractivity contribution in [2.45, 2.75) is 19.5 Å². The van der Waals surface area contributed by atoms with Gasteiger partial charge in [0.15, 0.2) is 0 Å². The number of amides is 1. The van der Waals surface area contributed by atoms with Gasteiger partial charge in [-0.3, -0.25) is 9.78 Å². The molecule has 0 aliphatic carbocycles. The highest BCUT2D eigenvalue weighted by Crippen LogP contribution is 2.01. The molecular weight excluding hydrogens is 260 g/mol. The maximum atomic E-state index is 11.9. The standard InChI is InChI=1S/C13H14N4O3/c1-9(7-17-5-4-14-8-17)16-12(18)11-3-2-10(6-15-11)13(19)20/h2-6,8-9H,7H2,1H3,(H,16,18)(H,19,20). The van der Waals surface area contributed by atoms with Crippen LogP contribution in [0.15, 0.2) is 37.1 Å². The second kappa shape index (κ2) is 5.96. The van der Waals surface area contributed by atoms with Crippen LogP contribution in [0.1, 0.15) is 27.8 Å². The van der Waals surface area contributed by atoms with Gasteiger partial charge >= 0.3 is 5.97 Å². The first kappa shape index (κ1) is 13.7. The van der Waals surface area contributed by atoms with Gasteiger partial charge in [-0.25, -0.2) is 9.78 Å². The van der Waals surface area contributed by atoms with Gasteiger partial charge in [0.25, 0.3) is 5.91 Å². The van der Waals surface area contributed by atoms with Gasteiger partial charge in [0.2, 0.25) is 0 Å². The fourth-order valence-electron chi connectivity index (χ4n) is 1.71. The predicted octanol–water partition coefficient (Wildman–Crippen LogP) is 0.795. The van der Waals surface area contributed by atoms with E-state index in [1.54, 1.807) is 12.5 Å². The molecule has 2 aromatic rings. The maximum Gasteiger partial charge on any atom is 0.337 e. The minimum Gasteiger partial charge on any atom is -0.478 e. The van der Waals surface area contributed by atoms with Gasteiger partial charge in [0.05, 0.1) is 11.9 Å². The average Bonchev–Trinajstić information content (AvgIpc) is 2.91. The third-order valence-corrected chi connectivity index (χ3v) is 2.66. The molecule has 0 fully saturated rings. The lowest BCUT2D eigenvalue weighted by Gasteiger charge is -2.14. The molecule has 0 aliphatic rings. The summed E-state index contributed by atoms with van der Waals surface area (Å²) < 4.78 is 1.85. The quantitative estimate of drug-likeness (QED) is 0.840. The van der Waals surface area contributed by atoms with Gasteiger partial charge in [-0.05, 0) is 19.1 Å².